The van der Waals surface area contributed by atoms with Crippen LogP contribution >= 0.6 is 0 Å². The number of pyridine rings is 1. The molecule has 5 nitrogen and oxygen atoms in total. The van der Waals surface area contributed by atoms with E-state index >= 15 is 0 Å². The van der Waals surface area contributed by atoms with Crippen molar-refractivity contribution in [2.75, 3.05) is 6.61 Å². The highest BCUT2D eigenvalue weighted by atomic mass is 19.1. The summed E-state index contributed by atoms with van der Waals surface area (Å²) in [4.78, 5) is 29.6. The molecule has 6 heteroatoms. The highest BCUT2D eigenvalue weighted by Gasteiger charge is 2.18. The number of halogens is 1. The number of carbonyl (C=O) groups excluding carboxylic acids is 2. The van der Waals surface area contributed by atoms with Crippen LogP contribution in [0.4, 0.5) is 4.39 Å². The van der Waals surface area contributed by atoms with Gasteiger partial charge in [0.25, 0.3) is 0 Å². The summed E-state index contributed by atoms with van der Waals surface area (Å²) in [7, 11) is 0. The molecule has 0 saturated heterocycles. The number of Topliss-reactive ketones (excluding diaryl/α,β-unsaturated/α-hetero) is 1. The molecule has 1 heterocycles. The molecule has 0 radical (unpaired) electrons. The first kappa shape index (κ1) is 19.3. The summed E-state index contributed by atoms with van der Waals surface area (Å²) in [6.45, 7) is -0.578. The molecular weight excluding hydrogens is 385 g/mol. The van der Waals surface area contributed by atoms with Crippen LogP contribution in [0.5, 0.6) is 5.75 Å². The number of aromatic hydroxyl groups is 1. The predicted molar refractivity (Wildman–Crippen MR) is 110 cm³/mol. The van der Waals surface area contributed by atoms with Gasteiger partial charge in [-0.25, -0.2) is 14.2 Å². The molecule has 0 bridgehead atoms. The van der Waals surface area contributed by atoms with Crippen molar-refractivity contribution >= 4 is 22.7 Å². The van der Waals surface area contributed by atoms with E-state index in [1.54, 1.807) is 48.5 Å². The average molecular weight is 401 g/mol. The number of esters is 1. The molecule has 1 N–H and O–H groups in total. The Morgan fingerprint density at radius 3 is 2.37 bits per heavy atom. The molecule has 0 fully saturated rings. The van der Waals surface area contributed by atoms with Gasteiger partial charge in [0.1, 0.15) is 11.6 Å². The zero-order chi connectivity index (χ0) is 21.1. The van der Waals surface area contributed by atoms with Gasteiger partial charge in [0.05, 0.1) is 22.3 Å². The molecule has 148 valence electrons. The van der Waals surface area contributed by atoms with Crippen LogP contribution in [-0.4, -0.2) is 28.4 Å². The lowest BCUT2D eigenvalue weighted by molar-refractivity contribution is 0.0475. The first-order valence-corrected chi connectivity index (χ1v) is 9.17. The number of fused-ring (bicyclic) bond motifs is 1. The maximum atomic E-state index is 13.8. The topological polar surface area (TPSA) is 76.5 Å². The zero-order valence-corrected chi connectivity index (χ0v) is 15.7. The number of rotatable bonds is 5. The van der Waals surface area contributed by atoms with Crippen molar-refractivity contribution in [3.05, 3.63) is 95.8 Å². The van der Waals surface area contributed by atoms with Crippen LogP contribution in [0.2, 0.25) is 0 Å². The Morgan fingerprint density at radius 2 is 1.60 bits per heavy atom. The van der Waals surface area contributed by atoms with E-state index < -0.39 is 24.2 Å². The van der Waals surface area contributed by atoms with Crippen molar-refractivity contribution in [2.24, 2.45) is 0 Å². The highest BCUT2D eigenvalue weighted by Crippen LogP contribution is 2.26. The standard InChI is InChI=1S/C24H16FNO4/c25-20-7-3-1-6-18(20)23(28)14-30-24(29)19-13-22(15-9-11-16(27)12-10-15)26-21-8-4-2-5-17(19)21/h1-13,27H,14H2. The van der Waals surface area contributed by atoms with Gasteiger partial charge in [-0.15, -0.1) is 0 Å². The van der Waals surface area contributed by atoms with Crippen molar-refractivity contribution in [1.82, 2.24) is 4.98 Å². The summed E-state index contributed by atoms with van der Waals surface area (Å²) in [5, 5.41) is 10.1. The lowest BCUT2D eigenvalue weighted by atomic mass is 10.0. The summed E-state index contributed by atoms with van der Waals surface area (Å²) < 4.78 is 19.0. The Labute approximate surface area is 171 Å². The second-order valence-electron chi connectivity index (χ2n) is 6.60. The first-order chi connectivity index (χ1) is 14.5. The molecule has 0 saturated carbocycles. The molecule has 0 atom stereocenters. The minimum atomic E-state index is -0.710. The van der Waals surface area contributed by atoms with Gasteiger partial charge in [0, 0.05) is 10.9 Å². The van der Waals surface area contributed by atoms with Crippen LogP contribution in [0.1, 0.15) is 20.7 Å². The van der Waals surface area contributed by atoms with E-state index in [0.717, 1.165) is 0 Å². The minimum absolute atomic E-state index is 0.117. The third kappa shape index (κ3) is 3.89. The van der Waals surface area contributed by atoms with Gasteiger partial charge in [-0.3, -0.25) is 4.79 Å². The smallest absolute Gasteiger partial charge is 0.339 e. The maximum Gasteiger partial charge on any atom is 0.339 e. The molecule has 0 aliphatic carbocycles. The van der Waals surface area contributed by atoms with E-state index in [0.29, 0.717) is 22.2 Å². The normalized spacial score (nSPS) is 10.7. The molecule has 30 heavy (non-hydrogen) atoms. The number of para-hydroxylation sites is 1. The van der Waals surface area contributed by atoms with Gasteiger partial charge < -0.3 is 9.84 Å². The third-order valence-corrected chi connectivity index (χ3v) is 4.61. The van der Waals surface area contributed by atoms with Crippen LogP contribution < -0.4 is 0 Å². The molecule has 4 aromatic rings. The van der Waals surface area contributed by atoms with Crippen molar-refractivity contribution in [3.63, 3.8) is 0 Å². The second-order valence-corrected chi connectivity index (χ2v) is 6.60. The first-order valence-electron chi connectivity index (χ1n) is 9.17. The monoisotopic (exact) mass is 401 g/mol. The fraction of sp³-hybridized carbons (Fsp3) is 0.0417. The van der Waals surface area contributed by atoms with E-state index in [1.807, 2.05) is 0 Å². The number of hydrogen-bond donors (Lipinski definition) is 1. The van der Waals surface area contributed by atoms with E-state index in [4.69, 9.17) is 4.74 Å². The lowest BCUT2D eigenvalue weighted by Gasteiger charge is -2.10. The van der Waals surface area contributed by atoms with Gasteiger partial charge >= 0.3 is 5.97 Å². The van der Waals surface area contributed by atoms with E-state index in [1.165, 1.54) is 30.3 Å². The SMILES string of the molecule is O=C(COC(=O)c1cc(-c2ccc(O)cc2)nc2ccccc12)c1ccccc1F. The Balaban J connectivity index is 1.65. The van der Waals surface area contributed by atoms with Crippen LogP contribution in [-0.2, 0) is 4.74 Å². The summed E-state index contributed by atoms with van der Waals surface area (Å²) in [5.74, 6) is -1.88. The van der Waals surface area contributed by atoms with Crippen LogP contribution in [0, 0.1) is 5.82 Å². The number of aromatic nitrogens is 1. The number of nitrogens with zero attached hydrogens (tertiary/aromatic N) is 1. The lowest BCUT2D eigenvalue weighted by Crippen LogP contribution is -2.16. The molecule has 0 aliphatic rings. The number of ketones is 1. The number of carbonyl (C=O) groups is 2. The largest absolute Gasteiger partial charge is 0.508 e. The summed E-state index contributed by atoms with van der Waals surface area (Å²) in [6, 6.07) is 20.6. The molecule has 0 aliphatic heterocycles. The molecule has 0 spiro atoms. The molecule has 4 rings (SSSR count). The van der Waals surface area contributed by atoms with Crippen LogP contribution in [0.25, 0.3) is 22.2 Å². The van der Waals surface area contributed by atoms with E-state index in [2.05, 4.69) is 4.98 Å². The summed E-state index contributed by atoms with van der Waals surface area (Å²) >= 11 is 0. The average Bonchev–Trinajstić information content (AvgIpc) is 2.77. The fourth-order valence-corrected chi connectivity index (χ4v) is 3.10. The van der Waals surface area contributed by atoms with Crippen molar-refractivity contribution < 1.29 is 23.8 Å². The highest BCUT2D eigenvalue weighted by molar-refractivity contribution is 6.06. The number of ether oxygens (including phenoxy) is 1. The van der Waals surface area contributed by atoms with Crippen molar-refractivity contribution in [1.29, 1.82) is 0 Å². The Bertz CT molecular complexity index is 1250. The van der Waals surface area contributed by atoms with Crippen molar-refractivity contribution in [3.8, 4) is 17.0 Å². The molecule has 1 aromatic heterocycles. The van der Waals surface area contributed by atoms with Gasteiger partial charge in [0.2, 0.25) is 5.78 Å². The quantitative estimate of drug-likeness (QED) is 0.384. The molecular formula is C24H16FNO4. The summed E-state index contributed by atoms with van der Waals surface area (Å²) in [5.41, 5.74) is 1.91. The van der Waals surface area contributed by atoms with E-state index in [9.17, 15) is 19.1 Å². The Morgan fingerprint density at radius 1 is 0.900 bits per heavy atom. The van der Waals surface area contributed by atoms with Gasteiger partial charge in [-0.05, 0) is 48.5 Å². The minimum Gasteiger partial charge on any atom is -0.508 e. The molecule has 0 amide bonds. The summed E-state index contributed by atoms with van der Waals surface area (Å²) in [6.07, 6.45) is 0. The number of benzene rings is 3. The maximum absolute atomic E-state index is 13.8. The number of hydrogen-bond acceptors (Lipinski definition) is 5. The Hall–Kier alpha value is -4.06. The van der Waals surface area contributed by atoms with Crippen molar-refractivity contribution in [2.45, 2.75) is 0 Å². The molecule has 0 unspecified atom stereocenters. The van der Waals surface area contributed by atoms with Gasteiger partial charge in [0.15, 0.2) is 6.61 Å². The molecule has 3 aromatic carbocycles. The predicted octanol–water partition coefficient (Wildman–Crippen LogP) is 4.79. The van der Waals surface area contributed by atoms with Gasteiger partial charge in [-0.2, -0.15) is 0 Å². The third-order valence-electron chi connectivity index (χ3n) is 4.61. The van der Waals surface area contributed by atoms with Gasteiger partial charge in [-0.1, -0.05) is 30.3 Å². The number of phenols is 1. The van der Waals surface area contributed by atoms with Crippen LogP contribution in [0.3, 0.4) is 0 Å². The fourth-order valence-electron chi connectivity index (χ4n) is 3.10. The van der Waals surface area contributed by atoms with E-state index in [-0.39, 0.29) is 16.9 Å². The second kappa shape index (κ2) is 8.13. The Kier molecular flexibility index (Phi) is 5.22. The zero-order valence-electron chi connectivity index (χ0n) is 15.7. The van der Waals surface area contributed by atoms with Crippen LogP contribution in [0.15, 0.2) is 78.9 Å². The number of phenolic OH excluding ortho intramolecular Hbond substituents is 1.